The van der Waals surface area contributed by atoms with Crippen LogP contribution in [0.25, 0.3) is 6.08 Å². The Bertz CT molecular complexity index is 734. The lowest BCUT2D eigenvalue weighted by Crippen LogP contribution is -1.95. The van der Waals surface area contributed by atoms with Crippen LogP contribution in [-0.4, -0.2) is 55.0 Å². The van der Waals surface area contributed by atoms with E-state index in [1.165, 1.54) is 27.4 Å². The van der Waals surface area contributed by atoms with E-state index in [4.69, 9.17) is 24.4 Å². The third-order valence-corrected chi connectivity index (χ3v) is 4.29. The van der Waals surface area contributed by atoms with Gasteiger partial charge in [0.1, 0.15) is 0 Å². The van der Waals surface area contributed by atoms with Gasteiger partial charge in [0.15, 0.2) is 11.5 Å². The molecule has 172 valence electrons. The van der Waals surface area contributed by atoms with Gasteiger partial charge in [-0.15, -0.1) is 13.2 Å². The third-order valence-electron chi connectivity index (χ3n) is 3.35. The molecule has 0 aliphatic heterocycles. The zero-order valence-electron chi connectivity index (χ0n) is 18.7. The summed E-state index contributed by atoms with van der Waals surface area (Å²) >= 11 is 1.82. The highest BCUT2D eigenvalue weighted by molar-refractivity contribution is 7.99. The van der Waals surface area contributed by atoms with Crippen LogP contribution in [0.1, 0.15) is 19.4 Å². The summed E-state index contributed by atoms with van der Waals surface area (Å²) < 4.78 is 15.4. The second-order valence-electron chi connectivity index (χ2n) is 5.52. The number of benzene rings is 1. The number of allylic oxidation sites excluding steroid dienone is 1. The first-order valence-corrected chi connectivity index (χ1v) is 10.2. The molecule has 0 bridgehead atoms. The lowest BCUT2D eigenvalue weighted by atomic mass is 10.1. The minimum Gasteiger partial charge on any atom is -0.493 e. The van der Waals surface area contributed by atoms with E-state index in [1.54, 1.807) is 32.1 Å². The van der Waals surface area contributed by atoms with Crippen molar-refractivity contribution in [2.45, 2.75) is 13.8 Å². The second-order valence-corrected chi connectivity index (χ2v) is 6.60. The molecular weight excluding hydrogens is 420 g/mol. The van der Waals surface area contributed by atoms with Gasteiger partial charge in [0.2, 0.25) is 5.75 Å². The SMILES string of the molecule is C/C=C(\C)C(=O)O.C=CCSCC=C.COc1cc(C=CC(=O)O)cc(OC)c1OC. The van der Waals surface area contributed by atoms with Gasteiger partial charge in [-0.2, -0.15) is 11.8 Å². The molecular formula is C23H32O7S. The van der Waals surface area contributed by atoms with Gasteiger partial charge in [0.25, 0.3) is 0 Å². The van der Waals surface area contributed by atoms with Crippen LogP contribution in [0.3, 0.4) is 0 Å². The fourth-order valence-corrected chi connectivity index (χ4v) is 2.19. The number of thioether (sulfide) groups is 1. The lowest BCUT2D eigenvalue weighted by Gasteiger charge is -2.12. The first-order chi connectivity index (χ1) is 14.7. The summed E-state index contributed by atoms with van der Waals surface area (Å²) in [5, 5.41) is 16.7. The number of methoxy groups -OCH3 is 3. The quantitative estimate of drug-likeness (QED) is 0.292. The van der Waals surface area contributed by atoms with Gasteiger partial charge >= 0.3 is 11.9 Å². The van der Waals surface area contributed by atoms with E-state index < -0.39 is 11.9 Å². The smallest absolute Gasteiger partial charge is 0.330 e. The van der Waals surface area contributed by atoms with Gasteiger partial charge in [0.05, 0.1) is 21.3 Å². The number of carbonyl (C=O) groups is 2. The predicted octanol–water partition coefficient (Wildman–Crippen LogP) is 4.94. The zero-order valence-corrected chi connectivity index (χ0v) is 19.5. The standard InChI is InChI=1S/C12H14O5.C6H10S.C5H8O2/c1-15-9-6-8(4-5-11(13)14)7-10(16-2)12(9)17-3;1-3-5-7-6-4-2;1-3-4(2)5(6)7/h4-7H,1-3H3,(H,13,14);3-4H,1-2,5-6H2;3H,1-2H3,(H,6,7)/b;;4-3+. The number of rotatable bonds is 10. The van der Waals surface area contributed by atoms with Crippen molar-refractivity contribution in [2.75, 3.05) is 32.8 Å². The van der Waals surface area contributed by atoms with Crippen LogP contribution in [0.5, 0.6) is 17.2 Å². The van der Waals surface area contributed by atoms with Crippen molar-refractivity contribution < 1.29 is 34.0 Å². The van der Waals surface area contributed by atoms with Crippen molar-refractivity contribution in [2.24, 2.45) is 0 Å². The molecule has 0 aliphatic carbocycles. The molecule has 0 saturated heterocycles. The molecule has 1 rings (SSSR count). The first kappa shape index (κ1) is 30.1. The Kier molecular flexibility index (Phi) is 18.3. The van der Waals surface area contributed by atoms with Gasteiger partial charge in [-0.25, -0.2) is 9.59 Å². The number of hydrogen-bond donors (Lipinski definition) is 2. The molecule has 0 unspecified atom stereocenters. The lowest BCUT2D eigenvalue weighted by molar-refractivity contribution is -0.133. The molecule has 0 spiro atoms. The highest BCUT2D eigenvalue weighted by Gasteiger charge is 2.11. The Morgan fingerprint density at radius 1 is 1.00 bits per heavy atom. The summed E-state index contributed by atoms with van der Waals surface area (Å²) in [6, 6.07) is 3.33. The molecule has 2 N–H and O–H groups in total. The zero-order chi connectivity index (χ0) is 24.2. The van der Waals surface area contributed by atoms with E-state index in [9.17, 15) is 9.59 Å². The van der Waals surface area contributed by atoms with Crippen molar-refractivity contribution in [1.29, 1.82) is 0 Å². The second kappa shape index (κ2) is 18.9. The average molecular weight is 453 g/mol. The van der Waals surface area contributed by atoms with Gasteiger partial charge in [-0.3, -0.25) is 0 Å². The molecule has 0 saturated carbocycles. The van der Waals surface area contributed by atoms with E-state index in [0.29, 0.717) is 28.4 Å². The van der Waals surface area contributed by atoms with Crippen LogP contribution in [0, 0.1) is 0 Å². The maximum absolute atomic E-state index is 10.4. The molecule has 0 aromatic heterocycles. The Labute approximate surface area is 188 Å². The largest absolute Gasteiger partial charge is 0.493 e. The number of ether oxygens (including phenoxy) is 3. The van der Waals surface area contributed by atoms with Gasteiger partial charge in [-0.1, -0.05) is 18.2 Å². The predicted molar refractivity (Wildman–Crippen MR) is 128 cm³/mol. The molecule has 0 fully saturated rings. The molecule has 31 heavy (non-hydrogen) atoms. The summed E-state index contributed by atoms with van der Waals surface area (Å²) in [7, 11) is 4.51. The molecule has 1 aromatic rings. The van der Waals surface area contributed by atoms with Crippen molar-refractivity contribution >= 4 is 29.8 Å². The third kappa shape index (κ3) is 14.5. The van der Waals surface area contributed by atoms with E-state index in [0.717, 1.165) is 17.6 Å². The summed E-state index contributed by atoms with van der Waals surface area (Å²) in [5.74, 6) is 1.65. The van der Waals surface area contributed by atoms with Crippen molar-refractivity contribution in [3.8, 4) is 17.2 Å². The van der Waals surface area contributed by atoms with E-state index >= 15 is 0 Å². The van der Waals surface area contributed by atoms with Crippen LogP contribution in [0.15, 0.2) is 55.2 Å². The minimum atomic E-state index is -1.02. The molecule has 0 radical (unpaired) electrons. The van der Waals surface area contributed by atoms with Crippen molar-refractivity contribution in [3.05, 3.63) is 60.7 Å². The number of hydrogen-bond acceptors (Lipinski definition) is 6. The number of carboxylic acids is 2. The number of aliphatic carboxylic acids is 2. The maximum atomic E-state index is 10.4. The Hall–Kier alpha value is -3.13. The number of carboxylic acid groups (broad SMARTS) is 2. The molecule has 0 aliphatic rings. The van der Waals surface area contributed by atoms with E-state index in [-0.39, 0.29) is 0 Å². The summed E-state index contributed by atoms with van der Waals surface area (Å²) in [6.45, 7) is 10.4. The van der Waals surface area contributed by atoms with Crippen molar-refractivity contribution in [1.82, 2.24) is 0 Å². The van der Waals surface area contributed by atoms with Gasteiger partial charge in [0, 0.05) is 23.2 Å². The monoisotopic (exact) mass is 452 g/mol. The van der Waals surface area contributed by atoms with Gasteiger partial charge < -0.3 is 24.4 Å². The Morgan fingerprint density at radius 3 is 1.74 bits per heavy atom. The van der Waals surface area contributed by atoms with Crippen LogP contribution < -0.4 is 14.2 Å². The molecule has 0 atom stereocenters. The Balaban J connectivity index is 0. The van der Waals surface area contributed by atoms with Crippen LogP contribution in [-0.2, 0) is 9.59 Å². The molecule has 8 heteroatoms. The molecule has 0 amide bonds. The van der Waals surface area contributed by atoms with Crippen LogP contribution in [0.4, 0.5) is 0 Å². The molecule has 1 aromatic carbocycles. The van der Waals surface area contributed by atoms with Crippen molar-refractivity contribution in [3.63, 3.8) is 0 Å². The molecule has 0 heterocycles. The normalized spacial score (nSPS) is 10.0. The topological polar surface area (TPSA) is 102 Å². The highest BCUT2D eigenvalue weighted by Crippen LogP contribution is 2.38. The van der Waals surface area contributed by atoms with Crippen LogP contribution in [0.2, 0.25) is 0 Å². The first-order valence-electron chi connectivity index (χ1n) is 9.08. The minimum absolute atomic E-state index is 0.389. The van der Waals surface area contributed by atoms with E-state index in [2.05, 4.69) is 13.2 Å². The summed E-state index contributed by atoms with van der Waals surface area (Å²) in [6.07, 6.45) is 7.85. The van der Waals surface area contributed by atoms with Crippen LogP contribution >= 0.6 is 11.8 Å². The average Bonchev–Trinajstić information content (AvgIpc) is 2.77. The maximum Gasteiger partial charge on any atom is 0.330 e. The van der Waals surface area contributed by atoms with E-state index in [1.807, 2.05) is 23.9 Å². The Morgan fingerprint density at radius 2 is 1.48 bits per heavy atom. The highest BCUT2D eigenvalue weighted by atomic mass is 32.2. The summed E-state index contributed by atoms with van der Waals surface area (Å²) in [5.41, 5.74) is 1.04. The fourth-order valence-electron chi connectivity index (χ4n) is 1.72. The van der Waals surface area contributed by atoms with Gasteiger partial charge in [-0.05, 0) is 37.6 Å². The summed E-state index contributed by atoms with van der Waals surface area (Å²) in [4.78, 5) is 20.3. The molecule has 7 nitrogen and oxygen atoms in total. The fraction of sp³-hybridized carbons (Fsp3) is 0.304.